The molecule has 0 N–H and O–H groups in total. The molecule has 3 heterocycles. The van der Waals surface area contributed by atoms with Gasteiger partial charge in [0.2, 0.25) is 0 Å². The molecule has 7 heteroatoms. The number of imidazole rings is 1. The van der Waals surface area contributed by atoms with Gasteiger partial charge in [0.25, 0.3) is 0 Å². The zero-order chi connectivity index (χ0) is 14.1. The average molecular weight is 307 g/mol. The molecule has 0 aromatic carbocycles. The minimum Gasteiger partial charge on any atom is -0.469 e. The molecule has 0 radical (unpaired) electrons. The van der Waals surface area contributed by atoms with Gasteiger partial charge in [0.15, 0.2) is 4.96 Å². The van der Waals surface area contributed by atoms with E-state index in [2.05, 4.69) is 19.1 Å². The second-order valence-corrected chi connectivity index (χ2v) is 6.05. The summed E-state index contributed by atoms with van der Waals surface area (Å²) in [6, 6.07) is 0. The van der Waals surface area contributed by atoms with Gasteiger partial charge in [0, 0.05) is 23.4 Å². The quantitative estimate of drug-likeness (QED) is 0.695. The summed E-state index contributed by atoms with van der Waals surface area (Å²) in [6.07, 6.45) is 2.97. The molecule has 20 heavy (non-hydrogen) atoms. The Balaban J connectivity index is 1.88. The van der Waals surface area contributed by atoms with Crippen LogP contribution in [-0.4, -0.2) is 27.4 Å². The lowest BCUT2D eigenvalue weighted by Gasteiger charge is -1.97. The molecule has 0 saturated heterocycles. The molecule has 0 unspecified atom stereocenters. The van der Waals surface area contributed by atoms with Gasteiger partial charge in [0.05, 0.1) is 24.9 Å². The number of carbonyl (C=O) groups excluding carboxylic acids is 1. The zero-order valence-electron chi connectivity index (χ0n) is 11.1. The van der Waals surface area contributed by atoms with Crippen molar-refractivity contribution in [1.82, 2.24) is 14.4 Å². The summed E-state index contributed by atoms with van der Waals surface area (Å²) < 4.78 is 6.70. The van der Waals surface area contributed by atoms with Gasteiger partial charge in [-0.05, 0) is 6.92 Å². The molecule has 0 bridgehead atoms. The number of ether oxygens (including phenoxy) is 1. The fourth-order valence-electron chi connectivity index (χ4n) is 2.01. The van der Waals surface area contributed by atoms with Crippen LogP contribution in [0.4, 0.5) is 0 Å². The van der Waals surface area contributed by atoms with Crippen molar-refractivity contribution < 1.29 is 9.53 Å². The second-order valence-electron chi connectivity index (χ2n) is 4.32. The summed E-state index contributed by atoms with van der Waals surface area (Å²) in [4.78, 5) is 21.3. The van der Waals surface area contributed by atoms with Gasteiger partial charge in [-0.25, -0.2) is 9.97 Å². The maximum Gasteiger partial charge on any atom is 0.305 e. The van der Waals surface area contributed by atoms with E-state index in [1.165, 1.54) is 7.11 Å². The number of nitrogens with zero attached hydrogens (tertiary/aromatic N) is 3. The summed E-state index contributed by atoms with van der Waals surface area (Å²) in [6.45, 7) is 1.99. The van der Waals surface area contributed by atoms with E-state index in [1.54, 1.807) is 22.7 Å². The molecule has 5 nitrogen and oxygen atoms in total. The van der Waals surface area contributed by atoms with Crippen LogP contribution in [0.5, 0.6) is 0 Å². The van der Waals surface area contributed by atoms with Crippen LogP contribution in [0, 0.1) is 6.92 Å². The van der Waals surface area contributed by atoms with Gasteiger partial charge >= 0.3 is 5.97 Å². The van der Waals surface area contributed by atoms with Crippen molar-refractivity contribution >= 4 is 33.6 Å². The number of hydrogen-bond donors (Lipinski definition) is 0. The maximum absolute atomic E-state index is 11.2. The number of esters is 1. The first-order valence-corrected chi connectivity index (χ1v) is 7.88. The lowest BCUT2D eigenvalue weighted by atomic mass is 10.2. The van der Waals surface area contributed by atoms with E-state index in [9.17, 15) is 4.79 Å². The van der Waals surface area contributed by atoms with Crippen molar-refractivity contribution in [2.45, 2.75) is 19.8 Å². The largest absolute Gasteiger partial charge is 0.469 e. The summed E-state index contributed by atoms with van der Waals surface area (Å²) in [5, 5.41) is 4.94. The molecule has 0 saturated carbocycles. The molecule has 104 valence electrons. The number of rotatable bonds is 4. The van der Waals surface area contributed by atoms with Gasteiger partial charge in [-0.1, -0.05) is 0 Å². The molecule has 0 aliphatic heterocycles. The molecule has 0 fully saturated rings. The lowest BCUT2D eigenvalue weighted by molar-refractivity contribution is -0.140. The van der Waals surface area contributed by atoms with Gasteiger partial charge in [-0.2, -0.15) is 0 Å². The smallest absolute Gasteiger partial charge is 0.305 e. The Morgan fingerprint density at radius 3 is 3.05 bits per heavy atom. The highest BCUT2D eigenvalue weighted by atomic mass is 32.1. The van der Waals surface area contributed by atoms with Crippen molar-refractivity contribution in [3.8, 4) is 10.7 Å². The van der Waals surface area contributed by atoms with E-state index in [0.717, 1.165) is 27.1 Å². The maximum atomic E-state index is 11.2. The van der Waals surface area contributed by atoms with Gasteiger partial charge in [0.1, 0.15) is 10.7 Å². The summed E-state index contributed by atoms with van der Waals surface area (Å²) in [5.41, 5.74) is 2.93. The number of aryl methyl sites for hydroxylation is 2. The normalized spacial score (nSPS) is 11.1. The Hall–Kier alpha value is -1.73. The first-order chi connectivity index (χ1) is 9.69. The van der Waals surface area contributed by atoms with Crippen LogP contribution in [0.25, 0.3) is 15.7 Å². The molecule has 0 aliphatic rings. The van der Waals surface area contributed by atoms with Crippen LogP contribution in [0.2, 0.25) is 0 Å². The number of carbonyl (C=O) groups is 1. The number of aromatic nitrogens is 3. The summed E-state index contributed by atoms with van der Waals surface area (Å²) in [5.74, 6) is -0.208. The molecule has 3 aromatic rings. The predicted octanol–water partition coefficient (Wildman–Crippen LogP) is 2.93. The van der Waals surface area contributed by atoms with Crippen molar-refractivity contribution in [1.29, 1.82) is 0 Å². The van der Waals surface area contributed by atoms with Crippen molar-refractivity contribution in [3.05, 3.63) is 28.3 Å². The Morgan fingerprint density at radius 1 is 1.40 bits per heavy atom. The highest BCUT2D eigenvalue weighted by Gasteiger charge is 2.15. The lowest BCUT2D eigenvalue weighted by Crippen LogP contribution is -2.02. The first kappa shape index (κ1) is 13.3. The fourth-order valence-corrected chi connectivity index (χ4v) is 3.72. The topological polar surface area (TPSA) is 56.5 Å². The molecule has 3 aromatic heterocycles. The fraction of sp³-hybridized carbons (Fsp3) is 0.308. The van der Waals surface area contributed by atoms with E-state index in [-0.39, 0.29) is 5.97 Å². The van der Waals surface area contributed by atoms with Crippen LogP contribution in [-0.2, 0) is 16.0 Å². The van der Waals surface area contributed by atoms with Crippen LogP contribution in [0.15, 0.2) is 17.0 Å². The molecular weight excluding hydrogens is 294 g/mol. The highest BCUT2D eigenvalue weighted by Crippen LogP contribution is 2.29. The van der Waals surface area contributed by atoms with E-state index < -0.39 is 0 Å². The SMILES string of the molecule is COC(=O)CCc1csc(-c2c(C)nc3sccn23)n1. The van der Waals surface area contributed by atoms with Crippen LogP contribution >= 0.6 is 22.7 Å². The standard InChI is InChI=1S/C13H13N3O2S2/c1-8-11(16-5-6-19-13(16)14-8)12-15-9(7-20-12)3-4-10(17)18-2/h5-7H,3-4H2,1-2H3. The Kier molecular flexibility index (Phi) is 3.54. The van der Waals surface area contributed by atoms with Crippen LogP contribution in [0.3, 0.4) is 0 Å². The van der Waals surface area contributed by atoms with Crippen molar-refractivity contribution in [2.75, 3.05) is 7.11 Å². The summed E-state index contributed by atoms with van der Waals surface area (Å²) >= 11 is 3.19. The zero-order valence-corrected chi connectivity index (χ0v) is 12.8. The Bertz CT molecular complexity index is 757. The minimum atomic E-state index is -0.208. The molecular formula is C13H13N3O2S2. The van der Waals surface area contributed by atoms with Gasteiger partial charge in [-0.3, -0.25) is 9.20 Å². The molecule has 0 spiro atoms. The van der Waals surface area contributed by atoms with E-state index in [4.69, 9.17) is 0 Å². The van der Waals surface area contributed by atoms with E-state index in [0.29, 0.717) is 12.8 Å². The third kappa shape index (κ3) is 2.34. The Morgan fingerprint density at radius 2 is 2.25 bits per heavy atom. The van der Waals surface area contributed by atoms with Crippen LogP contribution in [0.1, 0.15) is 17.8 Å². The average Bonchev–Trinajstić information content (AvgIpc) is 3.11. The highest BCUT2D eigenvalue weighted by molar-refractivity contribution is 7.15. The Labute approximate surface area is 123 Å². The van der Waals surface area contributed by atoms with E-state index in [1.807, 2.05) is 23.9 Å². The molecule has 0 aliphatic carbocycles. The van der Waals surface area contributed by atoms with E-state index >= 15 is 0 Å². The third-order valence-electron chi connectivity index (χ3n) is 3.00. The van der Waals surface area contributed by atoms with Crippen molar-refractivity contribution in [2.24, 2.45) is 0 Å². The predicted molar refractivity (Wildman–Crippen MR) is 79.3 cm³/mol. The van der Waals surface area contributed by atoms with Gasteiger partial charge < -0.3 is 4.74 Å². The number of hydrogen-bond acceptors (Lipinski definition) is 6. The minimum absolute atomic E-state index is 0.208. The molecule has 3 rings (SSSR count). The van der Waals surface area contributed by atoms with Crippen LogP contribution < -0.4 is 0 Å². The molecule has 0 atom stereocenters. The number of fused-ring (bicyclic) bond motifs is 1. The van der Waals surface area contributed by atoms with Gasteiger partial charge in [-0.15, -0.1) is 22.7 Å². The summed E-state index contributed by atoms with van der Waals surface area (Å²) in [7, 11) is 1.40. The molecule has 0 amide bonds. The second kappa shape index (κ2) is 5.34. The number of methoxy groups -OCH3 is 1. The third-order valence-corrected chi connectivity index (χ3v) is 4.66. The van der Waals surface area contributed by atoms with Crippen molar-refractivity contribution in [3.63, 3.8) is 0 Å². The number of thiazole rings is 2. The first-order valence-electron chi connectivity index (χ1n) is 6.13. The monoisotopic (exact) mass is 307 g/mol.